The molecular formula is C16H18Cl2N4O. The number of halogens is 2. The molecule has 0 aliphatic carbocycles. The summed E-state index contributed by atoms with van der Waals surface area (Å²) in [6.45, 7) is 1.75. The fraction of sp³-hybridized carbons (Fsp3) is 0.250. The molecule has 2 rings (SSSR count). The fourth-order valence-electron chi connectivity index (χ4n) is 1.82. The molecule has 0 aliphatic rings. The van der Waals surface area contributed by atoms with E-state index in [9.17, 15) is 4.79 Å². The van der Waals surface area contributed by atoms with Gasteiger partial charge in [-0.3, -0.25) is 4.79 Å². The van der Waals surface area contributed by atoms with E-state index in [1.165, 1.54) is 6.07 Å². The summed E-state index contributed by atoms with van der Waals surface area (Å²) in [4.78, 5) is 18.4. The molecule has 0 radical (unpaired) electrons. The van der Waals surface area contributed by atoms with Crippen LogP contribution in [0.15, 0.2) is 36.5 Å². The third kappa shape index (κ3) is 5.39. The zero-order valence-corrected chi connectivity index (χ0v) is 14.4. The van der Waals surface area contributed by atoms with E-state index < -0.39 is 0 Å². The van der Waals surface area contributed by atoms with Gasteiger partial charge in [-0.2, -0.15) is 0 Å². The van der Waals surface area contributed by atoms with Crippen LogP contribution < -0.4 is 10.6 Å². The van der Waals surface area contributed by atoms with E-state index in [1.807, 2.05) is 20.2 Å². The molecular weight excluding hydrogens is 335 g/mol. The predicted molar refractivity (Wildman–Crippen MR) is 95.7 cm³/mol. The predicted octanol–water partition coefficient (Wildman–Crippen LogP) is 3.61. The van der Waals surface area contributed by atoms with Crippen molar-refractivity contribution >= 4 is 40.6 Å². The van der Waals surface area contributed by atoms with Gasteiger partial charge in [-0.1, -0.05) is 23.2 Å². The molecule has 0 atom stereocenters. The van der Waals surface area contributed by atoms with Gasteiger partial charge in [-0.05, 0) is 44.4 Å². The lowest BCUT2D eigenvalue weighted by Crippen LogP contribution is -2.20. The molecule has 0 saturated heterocycles. The van der Waals surface area contributed by atoms with Crippen molar-refractivity contribution in [3.63, 3.8) is 0 Å². The molecule has 2 N–H and O–H groups in total. The Kier molecular flexibility index (Phi) is 6.21. The van der Waals surface area contributed by atoms with E-state index in [0.717, 1.165) is 18.8 Å². The topological polar surface area (TPSA) is 57.3 Å². The Morgan fingerprint density at radius 3 is 2.57 bits per heavy atom. The van der Waals surface area contributed by atoms with Gasteiger partial charge in [-0.25, -0.2) is 4.98 Å². The molecule has 0 spiro atoms. The minimum Gasteiger partial charge on any atom is -0.383 e. The van der Waals surface area contributed by atoms with Gasteiger partial charge in [0.25, 0.3) is 5.91 Å². The maximum absolute atomic E-state index is 12.1. The lowest BCUT2D eigenvalue weighted by Gasteiger charge is -2.11. The van der Waals surface area contributed by atoms with Gasteiger partial charge >= 0.3 is 0 Å². The molecule has 0 bridgehead atoms. The maximum Gasteiger partial charge on any atom is 0.256 e. The maximum atomic E-state index is 12.1. The molecule has 1 heterocycles. The summed E-state index contributed by atoms with van der Waals surface area (Å²) in [5, 5.41) is 6.72. The van der Waals surface area contributed by atoms with Gasteiger partial charge in [0.2, 0.25) is 0 Å². The van der Waals surface area contributed by atoms with Crippen LogP contribution in [0.4, 0.5) is 11.5 Å². The Morgan fingerprint density at radius 1 is 1.17 bits per heavy atom. The largest absolute Gasteiger partial charge is 0.383 e. The summed E-state index contributed by atoms with van der Waals surface area (Å²) in [5.74, 6) is 0.184. The second-order valence-corrected chi connectivity index (χ2v) is 6.06. The average Bonchev–Trinajstić information content (AvgIpc) is 2.51. The number of hydrogen-bond acceptors (Lipinski definition) is 4. The molecule has 1 aromatic heterocycles. The second kappa shape index (κ2) is 8.15. The molecule has 7 heteroatoms. The highest BCUT2D eigenvalue weighted by molar-refractivity contribution is 6.42. The number of carbonyl (C=O) groups is 1. The van der Waals surface area contributed by atoms with Gasteiger partial charge in [0.1, 0.15) is 5.82 Å². The van der Waals surface area contributed by atoms with Crippen LogP contribution in [0.3, 0.4) is 0 Å². The lowest BCUT2D eigenvalue weighted by molar-refractivity contribution is 0.102. The van der Waals surface area contributed by atoms with Crippen LogP contribution in [0, 0.1) is 0 Å². The summed E-state index contributed by atoms with van der Waals surface area (Å²) in [7, 11) is 4.03. The number of nitrogens with zero attached hydrogens (tertiary/aromatic N) is 2. The molecule has 23 heavy (non-hydrogen) atoms. The van der Waals surface area contributed by atoms with E-state index in [2.05, 4.69) is 20.5 Å². The highest BCUT2D eigenvalue weighted by Crippen LogP contribution is 2.23. The molecule has 0 saturated carbocycles. The molecule has 1 aromatic carbocycles. The molecule has 0 aliphatic heterocycles. The lowest BCUT2D eigenvalue weighted by atomic mass is 10.2. The highest BCUT2D eigenvalue weighted by atomic mass is 35.5. The average molecular weight is 353 g/mol. The minimum atomic E-state index is -0.288. The first-order chi connectivity index (χ1) is 11.0. The number of carbonyl (C=O) groups excluding carboxylic acids is 1. The van der Waals surface area contributed by atoms with E-state index >= 15 is 0 Å². The molecule has 1 amide bonds. The van der Waals surface area contributed by atoms with Crippen molar-refractivity contribution in [2.75, 3.05) is 37.8 Å². The fourth-order valence-corrected chi connectivity index (χ4v) is 2.12. The number of amides is 1. The summed E-state index contributed by atoms with van der Waals surface area (Å²) in [6.07, 6.45) is 1.68. The first-order valence-corrected chi connectivity index (χ1v) is 7.82. The van der Waals surface area contributed by atoms with Gasteiger partial charge in [0.05, 0.1) is 21.9 Å². The van der Waals surface area contributed by atoms with Crippen LogP contribution >= 0.6 is 23.2 Å². The Labute approximate surface area is 145 Å². The van der Waals surface area contributed by atoms with Crippen molar-refractivity contribution < 1.29 is 4.79 Å². The van der Waals surface area contributed by atoms with Gasteiger partial charge in [0.15, 0.2) is 0 Å². The number of pyridine rings is 1. The zero-order chi connectivity index (χ0) is 16.8. The zero-order valence-electron chi connectivity index (χ0n) is 12.9. The first kappa shape index (κ1) is 17.5. The van der Waals surface area contributed by atoms with Crippen molar-refractivity contribution in [3.05, 3.63) is 52.1 Å². The van der Waals surface area contributed by atoms with E-state index in [1.54, 1.807) is 24.4 Å². The van der Waals surface area contributed by atoms with Gasteiger partial charge in [0, 0.05) is 18.7 Å². The number of likely N-dealkylation sites (N-methyl/N-ethyl adjacent to an activating group) is 1. The number of aromatic nitrogens is 1. The van der Waals surface area contributed by atoms with Crippen LogP contribution in [-0.2, 0) is 0 Å². The number of anilines is 2. The van der Waals surface area contributed by atoms with Crippen molar-refractivity contribution in [1.82, 2.24) is 9.88 Å². The van der Waals surface area contributed by atoms with Crippen LogP contribution in [0.25, 0.3) is 0 Å². The van der Waals surface area contributed by atoms with Crippen molar-refractivity contribution in [3.8, 4) is 0 Å². The summed E-state index contributed by atoms with van der Waals surface area (Å²) >= 11 is 11.8. The normalized spacial score (nSPS) is 10.7. The monoisotopic (exact) mass is 352 g/mol. The minimum absolute atomic E-state index is 0.288. The van der Waals surface area contributed by atoms with Crippen LogP contribution in [-0.4, -0.2) is 43.0 Å². The Hall–Kier alpha value is -1.82. The van der Waals surface area contributed by atoms with Crippen molar-refractivity contribution in [1.29, 1.82) is 0 Å². The number of hydrogen-bond donors (Lipinski definition) is 2. The summed E-state index contributed by atoms with van der Waals surface area (Å²) in [5.41, 5.74) is 1.33. The molecule has 2 aromatic rings. The smallest absolute Gasteiger partial charge is 0.256 e. The Bertz CT molecular complexity index is 674. The summed E-state index contributed by atoms with van der Waals surface area (Å²) < 4.78 is 0. The van der Waals surface area contributed by atoms with Gasteiger partial charge in [-0.15, -0.1) is 0 Å². The van der Waals surface area contributed by atoms with Crippen molar-refractivity contribution in [2.45, 2.75) is 0 Å². The molecule has 5 nitrogen and oxygen atoms in total. The second-order valence-electron chi connectivity index (χ2n) is 5.25. The first-order valence-electron chi connectivity index (χ1n) is 7.07. The van der Waals surface area contributed by atoms with E-state index in [-0.39, 0.29) is 5.91 Å². The third-order valence-corrected chi connectivity index (χ3v) is 3.81. The van der Waals surface area contributed by atoms with Crippen molar-refractivity contribution in [2.24, 2.45) is 0 Å². The quantitative estimate of drug-likeness (QED) is 0.833. The van der Waals surface area contributed by atoms with Crippen LogP contribution in [0.2, 0.25) is 10.0 Å². The van der Waals surface area contributed by atoms with E-state index in [4.69, 9.17) is 23.2 Å². The Morgan fingerprint density at radius 2 is 1.96 bits per heavy atom. The molecule has 0 unspecified atom stereocenters. The van der Waals surface area contributed by atoms with Crippen LogP contribution in [0.5, 0.6) is 0 Å². The molecule has 0 fully saturated rings. The number of nitrogens with one attached hydrogen (secondary N) is 2. The summed E-state index contributed by atoms with van der Waals surface area (Å²) in [6, 6.07) is 8.33. The van der Waals surface area contributed by atoms with Crippen LogP contribution in [0.1, 0.15) is 10.4 Å². The highest BCUT2D eigenvalue weighted by Gasteiger charge is 2.09. The SMILES string of the molecule is CN(C)CCNc1ccc(NC(=O)c2ccc(Cl)c(Cl)c2)nc1. The third-order valence-electron chi connectivity index (χ3n) is 3.08. The standard InChI is InChI=1S/C16H18Cl2N4O/c1-22(2)8-7-19-12-4-6-15(20-10-12)21-16(23)11-3-5-13(17)14(18)9-11/h3-6,9-10,19H,7-8H2,1-2H3,(H,20,21,23). The number of benzene rings is 1. The molecule has 122 valence electrons. The number of rotatable bonds is 6. The van der Waals surface area contributed by atoms with Gasteiger partial charge < -0.3 is 15.5 Å². The van der Waals surface area contributed by atoms with E-state index in [0.29, 0.717) is 21.4 Å². The Balaban J connectivity index is 1.94.